The maximum absolute atomic E-state index is 12.4. The van der Waals surface area contributed by atoms with Crippen LogP contribution in [0.15, 0.2) is 4.42 Å². The predicted molar refractivity (Wildman–Crippen MR) is 93.4 cm³/mol. The number of rotatable bonds is 4. The van der Waals surface area contributed by atoms with Crippen molar-refractivity contribution in [3.8, 4) is 0 Å². The third-order valence-electron chi connectivity index (χ3n) is 4.26. The maximum atomic E-state index is 12.4. The molecule has 0 unspecified atom stereocenters. The fourth-order valence-corrected chi connectivity index (χ4v) is 2.71. The Morgan fingerprint density at radius 3 is 2.28 bits per heavy atom. The first kappa shape index (κ1) is 19.3. The highest BCUT2D eigenvalue weighted by atomic mass is 16.6. The first-order chi connectivity index (χ1) is 11.7. The van der Waals surface area contributed by atoms with E-state index in [0.29, 0.717) is 51.5 Å². The normalized spacial score (nSPS) is 15.4. The zero-order valence-electron chi connectivity index (χ0n) is 15.9. The molecule has 140 valence electrons. The summed E-state index contributed by atoms with van der Waals surface area (Å²) in [6, 6.07) is 0. The number of hydrogen-bond donors (Lipinski definition) is 0. The first-order valence-electron chi connectivity index (χ1n) is 8.88. The Labute approximate surface area is 149 Å². The van der Waals surface area contributed by atoms with E-state index in [2.05, 4.69) is 25.8 Å². The number of amides is 2. The molecule has 1 fully saturated rings. The van der Waals surface area contributed by atoms with Crippen LogP contribution >= 0.6 is 0 Å². The Hall–Kier alpha value is -2.05. The van der Waals surface area contributed by atoms with Gasteiger partial charge in [-0.2, -0.15) is 0 Å². The van der Waals surface area contributed by atoms with Gasteiger partial charge in [-0.25, -0.2) is 9.78 Å². The summed E-state index contributed by atoms with van der Waals surface area (Å²) in [5, 5.41) is 0. The van der Waals surface area contributed by atoms with Crippen LogP contribution in [0.5, 0.6) is 0 Å². The number of oxazole rings is 1. The van der Waals surface area contributed by atoms with Gasteiger partial charge in [-0.15, -0.1) is 0 Å². The molecule has 0 saturated carbocycles. The number of carbonyl (C=O) groups is 2. The van der Waals surface area contributed by atoms with E-state index >= 15 is 0 Å². The lowest BCUT2D eigenvalue weighted by atomic mass is 9.97. The molecular formula is C18H29N3O4. The van der Waals surface area contributed by atoms with Gasteiger partial charge in [0.1, 0.15) is 5.76 Å². The lowest BCUT2D eigenvalue weighted by Gasteiger charge is -2.34. The van der Waals surface area contributed by atoms with Crippen LogP contribution in [-0.4, -0.2) is 59.6 Å². The highest BCUT2D eigenvalue weighted by molar-refractivity contribution is 5.77. The van der Waals surface area contributed by atoms with Gasteiger partial charge in [0.15, 0.2) is 5.89 Å². The van der Waals surface area contributed by atoms with Crippen molar-refractivity contribution in [1.29, 1.82) is 0 Å². The van der Waals surface area contributed by atoms with Crippen molar-refractivity contribution in [3.63, 3.8) is 0 Å². The SMILES string of the molecule is CCOC(=O)N1CCN(C(=O)CCc2oc(C(C)(C)C)nc2C)CC1. The average molecular weight is 351 g/mol. The highest BCUT2D eigenvalue weighted by Crippen LogP contribution is 2.24. The number of hydrogen-bond acceptors (Lipinski definition) is 5. The monoisotopic (exact) mass is 351 g/mol. The van der Waals surface area contributed by atoms with Gasteiger partial charge in [0.05, 0.1) is 12.3 Å². The Morgan fingerprint density at radius 1 is 1.16 bits per heavy atom. The summed E-state index contributed by atoms with van der Waals surface area (Å²) in [5.41, 5.74) is 0.709. The molecule has 0 radical (unpaired) electrons. The van der Waals surface area contributed by atoms with Gasteiger partial charge in [0.2, 0.25) is 5.91 Å². The van der Waals surface area contributed by atoms with E-state index in [9.17, 15) is 9.59 Å². The van der Waals surface area contributed by atoms with Crippen molar-refractivity contribution in [2.45, 2.75) is 52.9 Å². The fraction of sp³-hybridized carbons (Fsp3) is 0.722. The molecule has 0 aromatic carbocycles. The second-order valence-corrected chi connectivity index (χ2v) is 7.34. The molecule has 7 heteroatoms. The minimum atomic E-state index is -0.304. The molecule has 7 nitrogen and oxygen atoms in total. The van der Waals surface area contributed by atoms with Crippen LogP contribution in [0.2, 0.25) is 0 Å². The summed E-state index contributed by atoms with van der Waals surface area (Å²) in [7, 11) is 0. The van der Waals surface area contributed by atoms with E-state index in [-0.39, 0.29) is 17.4 Å². The molecule has 2 heterocycles. The summed E-state index contributed by atoms with van der Waals surface area (Å²) in [6.45, 7) is 12.3. The van der Waals surface area contributed by atoms with Crippen LogP contribution in [0.25, 0.3) is 0 Å². The quantitative estimate of drug-likeness (QED) is 0.833. The Kier molecular flexibility index (Phi) is 6.08. The molecule has 0 bridgehead atoms. The summed E-state index contributed by atoms with van der Waals surface area (Å²) in [6.07, 6.45) is 0.631. The van der Waals surface area contributed by atoms with Crippen LogP contribution in [0.4, 0.5) is 4.79 Å². The van der Waals surface area contributed by atoms with Crippen molar-refractivity contribution in [3.05, 3.63) is 17.3 Å². The second-order valence-electron chi connectivity index (χ2n) is 7.34. The predicted octanol–water partition coefficient (Wildman–Crippen LogP) is 2.51. The van der Waals surface area contributed by atoms with Gasteiger partial charge < -0.3 is 19.0 Å². The molecule has 2 rings (SSSR count). The van der Waals surface area contributed by atoms with Crippen LogP contribution in [-0.2, 0) is 21.4 Å². The molecule has 1 aromatic heterocycles. The minimum absolute atomic E-state index is 0.0802. The van der Waals surface area contributed by atoms with E-state index in [1.165, 1.54) is 0 Å². The molecule has 1 saturated heterocycles. The number of ether oxygens (including phenoxy) is 1. The van der Waals surface area contributed by atoms with Crippen LogP contribution < -0.4 is 0 Å². The summed E-state index contributed by atoms with van der Waals surface area (Å²) >= 11 is 0. The van der Waals surface area contributed by atoms with E-state index in [0.717, 1.165) is 11.5 Å². The number of nitrogens with zero attached hydrogens (tertiary/aromatic N) is 3. The highest BCUT2D eigenvalue weighted by Gasteiger charge is 2.26. The molecule has 25 heavy (non-hydrogen) atoms. The fourth-order valence-electron chi connectivity index (χ4n) is 2.71. The van der Waals surface area contributed by atoms with Gasteiger partial charge in [-0.1, -0.05) is 20.8 Å². The number of aryl methyl sites for hydroxylation is 2. The number of aromatic nitrogens is 1. The van der Waals surface area contributed by atoms with E-state index in [4.69, 9.17) is 9.15 Å². The van der Waals surface area contributed by atoms with Crippen molar-refractivity contribution in [2.75, 3.05) is 32.8 Å². The Bertz CT molecular complexity index is 610. The van der Waals surface area contributed by atoms with Crippen LogP contribution in [0.1, 0.15) is 51.5 Å². The zero-order valence-corrected chi connectivity index (χ0v) is 15.9. The number of carbonyl (C=O) groups excluding carboxylic acids is 2. The first-order valence-corrected chi connectivity index (χ1v) is 8.88. The molecular weight excluding hydrogens is 322 g/mol. The van der Waals surface area contributed by atoms with Gasteiger partial charge >= 0.3 is 6.09 Å². The molecule has 0 aliphatic carbocycles. The molecule has 0 N–H and O–H groups in total. The topological polar surface area (TPSA) is 75.9 Å². The van der Waals surface area contributed by atoms with Crippen molar-refractivity contribution < 1.29 is 18.7 Å². The maximum Gasteiger partial charge on any atom is 0.409 e. The largest absolute Gasteiger partial charge is 0.450 e. The van der Waals surface area contributed by atoms with Gasteiger partial charge in [0, 0.05) is 44.4 Å². The van der Waals surface area contributed by atoms with Crippen molar-refractivity contribution in [2.24, 2.45) is 0 Å². The third-order valence-corrected chi connectivity index (χ3v) is 4.26. The number of piperazine rings is 1. The van der Waals surface area contributed by atoms with Crippen molar-refractivity contribution in [1.82, 2.24) is 14.8 Å². The Balaban J connectivity index is 1.84. The molecule has 0 spiro atoms. The lowest BCUT2D eigenvalue weighted by molar-refractivity contribution is -0.132. The smallest absolute Gasteiger partial charge is 0.409 e. The molecule has 1 aliphatic rings. The van der Waals surface area contributed by atoms with E-state index < -0.39 is 0 Å². The second kappa shape index (κ2) is 7.89. The van der Waals surface area contributed by atoms with Crippen molar-refractivity contribution >= 4 is 12.0 Å². The Morgan fingerprint density at radius 2 is 1.76 bits per heavy atom. The van der Waals surface area contributed by atoms with Gasteiger partial charge in [-0.3, -0.25) is 4.79 Å². The van der Waals surface area contributed by atoms with Gasteiger partial charge in [-0.05, 0) is 13.8 Å². The van der Waals surface area contributed by atoms with E-state index in [1.807, 2.05) is 6.92 Å². The van der Waals surface area contributed by atoms with Crippen LogP contribution in [0, 0.1) is 6.92 Å². The third kappa shape index (κ3) is 4.96. The molecule has 1 aliphatic heterocycles. The lowest BCUT2D eigenvalue weighted by Crippen LogP contribution is -2.50. The summed E-state index contributed by atoms with van der Waals surface area (Å²) < 4.78 is 10.8. The summed E-state index contributed by atoms with van der Waals surface area (Å²) in [4.78, 5) is 32.0. The molecule has 1 aromatic rings. The van der Waals surface area contributed by atoms with E-state index in [1.54, 1.807) is 16.7 Å². The molecule has 0 atom stereocenters. The standard InChI is InChI=1S/C18H29N3O4/c1-6-24-17(23)21-11-9-20(10-12-21)15(22)8-7-14-13(2)19-16(25-14)18(3,4)5/h6-12H2,1-5H3. The van der Waals surface area contributed by atoms with Crippen LogP contribution in [0.3, 0.4) is 0 Å². The zero-order chi connectivity index (χ0) is 18.6. The molecule has 2 amide bonds. The summed E-state index contributed by atoms with van der Waals surface area (Å²) in [5.74, 6) is 1.57. The average Bonchev–Trinajstić information content (AvgIpc) is 2.94. The van der Waals surface area contributed by atoms with Gasteiger partial charge in [0.25, 0.3) is 0 Å². The minimum Gasteiger partial charge on any atom is -0.450 e.